The molecule has 1 fully saturated rings. The summed E-state index contributed by atoms with van der Waals surface area (Å²) in [5.74, 6) is 1.53. The molecule has 0 bridgehead atoms. The van der Waals surface area contributed by atoms with E-state index in [-0.39, 0.29) is 6.79 Å². The van der Waals surface area contributed by atoms with E-state index in [1.807, 2.05) is 42.5 Å². The van der Waals surface area contributed by atoms with Crippen molar-refractivity contribution >= 4 is 17.8 Å². The highest BCUT2D eigenvalue weighted by molar-refractivity contribution is 5.88. The number of fused-ring (bicyclic) bond motifs is 1. The maximum Gasteiger partial charge on any atom is 0.231 e. The van der Waals surface area contributed by atoms with Crippen LogP contribution < -0.4 is 14.4 Å². The lowest BCUT2D eigenvalue weighted by molar-refractivity contribution is 0.174. The van der Waals surface area contributed by atoms with E-state index in [0.717, 1.165) is 70.9 Å². The molecule has 3 aromatic carbocycles. The van der Waals surface area contributed by atoms with Crippen LogP contribution in [0, 0.1) is 11.3 Å². The molecule has 0 aliphatic carbocycles. The van der Waals surface area contributed by atoms with Gasteiger partial charge in [0.1, 0.15) is 6.07 Å². The highest BCUT2D eigenvalue weighted by atomic mass is 16.7. The van der Waals surface area contributed by atoms with Crippen molar-refractivity contribution in [1.82, 2.24) is 0 Å². The molecular weight excluding hydrogens is 384 g/mol. The van der Waals surface area contributed by atoms with Crippen LogP contribution in [0.4, 0.5) is 5.69 Å². The Hall–Kier alpha value is -3.71. The lowest BCUT2D eigenvalue weighted by atomic mass is 9.93. The lowest BCUT2D eigenvalue weighted by Gasteiger charge is -2.32. The van der Waals surface area contributed by atoms with Crippen LogP contribution in [0.3, 0.4) is 0 Å². The third-order valence-electron chi connectivity index (χ3n) is 5.93. The predicted octanol–water partition coefficient (Wildman–Crippen LogP) is 6.11. The van der Waals surface area contributed by atoms with E-state index in [1.54, 1.807) is 0 Å². The Kier molecular flexibility index (Phi) is 5.33. The van der Waals surface area contributed by atoms with Crippen molar-refractivity contribution in [3.63, 3.8) is 0 Å². The Balaban J connectivity index is 1.62. The van der Waals surface area contributed by atoms with E-state index in [1.165, 1.54) is 6.42 Å². The summed E-state index contributed by atoms with van der Waals surface area (Å²) in [7, 11) is 0. The third-order valence-corrected chi connectivity index (χ3v) is 5.93. The minimum absolute atomic E-state index is 0.254. The number of piperidine rings is 1. The third kappa shape index (κ3) is 3.87. The molecule has 154 valence electrons. The van der Waals surface area contributed by atoms with Gasteiger partial charge in [0.05, 0.1) is 11.3 Å². The monoisotopic (exact) mass is 408 g/mol. The van der Waals surface area contributed by atoms with E-state index < -0.39 is 0 Å². The van der Waals surface area contributed by atoms with Crippen LogP contribution in [0.15, 0.2) is 60.7 Å². The summed E-state index contributed by atoms with van der Waals surface area (Å²) in [6, 6.07) is 22.9. The Bertz CT molecular complexity index is 1160. The van der Waals surface area contributed by atoms with Crippen LogP contribution in [0.2, 0.25) is 0 Å². The van der Waals surface area contributed by atoms with Crippen molar-refractivity contribution in [1.29, 1.82) is 5.26 Å². The molecular formula is C27H24N2O2. The first-order valence-corrected chi connectivity index (χ1v) is 10.8. The molecule has 0 aromatic heterocycles. The fourth-order valence-electron chi connectivity index (χ4n) is 4.36. The first-order chi connectivity index (χ1) is 15.3. The van der Waals surface area contributed by atoms with Gasteiger partial charge in [0, 0.05) is 18.7 Å². The number of nitriles is 1. The lowest BCUT2D eigenvalue weighted by Crippen LogP contribution is -2.30. The van der Waals surface area contributed by atoms with Gasteiger partial charge < -0.3 is 14.4 Å². The molecule has 3 aromatic rings. The van der Waals surface area contributed by atoms with Gasteiger partial charge in [0.2, 0.25) is 6.79 Å². The number of ether oxygens (including phenoxy) is 2. The molecule has 0 spiro atoms. The number of nitrogens with zero attached hydrogens (tertiary/aromatic N) is 2. The van der Waals surface area contributed by atoms with Gasteiger partial charge in [0.25, 0.3) is 0 Å². The molecule has 0 radical (unpaired) electrons. The molecule has 2 aliphatic rings. The van der Waals surface area contributed by atoms with E-state index >= 15 is 0 Å². The molecule has 0 atom stereocenters. The second-order valence-corrected chi connectivity index (χ2v) is 7.90. The van der Waals surface area contributed by atoms with Crippen molar-refractivity contribution in [2.24, 2.45) is 0 Å². The summed E-state index contributed by atoms with van der Waals surface area (Å²) < 4.78 is 11.1. The van der Waals surface area contributed by atoms with E-state index in [2.05, 4.69) is 41.3 Å². The molecule has 2 aliphatic heterocycles. The number of hydrogen-bond acceptors (Lipinski definition) is 4. The fraction of sp³-hybridized carbons (Fsp3) is 0.222. The van der Waals surface area contributed by atoms with Gasteiger partial charge in [-0.2, -0.15) is 5.26 Å². The minimum Gasteiger partial charge on any atom is -0.454 e. The summed E-state index contributed by atoms with van der Waals surface area (Å²) in [6.07, 6.45) is 7.65. The van der Waals surface area contributed by atoms with E-state index in [9.17, 15) is 5.26 Å². The summed E-state index contributed by atoms with van der Waals surface area (Å²) in [4.78, 5) is 2.38. The molecule has 2 heterocycles. The highest BCUT2D eigenvalue weighted by Gasteiger charge is 2.23. The smallest absolute Gasteiger partial charge is 0.231 e. The maximum absolute atomic E-state index is 10.2. The normalized spacial score (nSPS) is 15.3. The van der Waals surface area contributed by atoms with Crippen molar-refractivity contribution in [3.05, 3.63) is 77.4 Å². The molecule has 0 unspecified atom stereocenters. The van der Waals surface area contributed by atoms with Crippen LogP contribution in [-0.4, -0.2) is 19.9 Å². The van der Waals surface area contributed by atoms with Crippen molar-refractivity contribution in [2.45, 2.75) is 19.3 Å². The molecule has 31 heavy (non-hydrogen) atoms. The zero-order valence-electron chi connectivity index (χ0n) is 17.4. The Labute approximate surface area is 183 Å². The number of benzene rings is 3. The molecule has 0 amide bonds. The first-order valence-electron chi connectivity index (χ1n) is 10.8. The van der Waals surface area contributed by atoms with Gasteiger partial charge in [-0.05, 0) is 48.1 Å². The summed E-state index contributed by atoms with van der Waals surface area (Å²) in [6.45, 7) is 2.20. The molecule has 5 rings (SSSR count). The second kappa shape index (κ2) is 8.57. The van der Waals surface area contributed by atoms with Crippen molar-refractivity contribution in [3.8, 4) is 28.7 Å². The van der Waals surface area contributed by atoms with Gasteiger partial charge >= 0.3 is 0 Å². The van der Waals surface area contributed by atoms with Crippen LogP contribution in [0.25, 0.3) is 23.3 Å². The predicted molar refractivity (Wildman–Crippen MR) is 124 cm³/mol. The van der Waals surface area contributed by atoms with Crippen LogP contribution >= 0.6 is 0 Å². The zero-order valence-corrected chi connectivity index (χ0v) is 17.4. The Morgan fingerprint density at radius 3 is 2.45 bits per heavy atom. The number of hydrogen-bond donors (Lipinski definition) is 0. The van der Waals surface area contributed by atoms with Gasteiger partial charge in [0.15, 0.2) is 11.5 Å². The van der Waals surface area contributed by atoms with Crippen LogP contribution in [0.1, 0.15) is 36.0 Å². The molecule has 0 saturated carbocycles. The zero-order chi connectivity index (χ0) is 21.0. The largest absolute Gasteiger partial charge is 0.454 e. The molecule has 1 saturated heterocycles. The highest BCUT2D eigenvalue weighted by Crippen LogP contribution is 2.42. The topological polar surface area (TPSA) is 45.5 Å². The van der Waals surface area contributed by atoms with Gasteiger partial charge in [-0.3, -0.25) is 0 Å². The van der Waals surface area contributed by atoms with Crippen LogP contribution in [-0.2, 0) is 0 Å². The number of rotatable bonds is 4. The van der Waals surface area contributed by atoms with Gasteiger partial charge in [-0.1, -0.05) is 60.7 Å². The standard InChI is InChI=1S/C27H24N2O2/c28-18-24-21(10-9-20-7-3-1-4-8-20)11-13-23(27(24)29-15-5-2-6-16-29)22-12-14-25-26(17-22)31-19-30-25/h1,3-4,7-14,17H,2,5-6,15-16,19H2/b10-9+. The van der Waals surface area contributed by atoms with E-state index in [4.69, 9.17) is 9.47 Å². The van der Waals surface area contributed by atoms with Crippen molar-refractivity contribution in [2.75, 3.05) is 24.8 Å². The SMILES string of the molecule is N#Cc1c(/C=C/c2ccccc2)ccc(-c2ccc3c(c2)OCO3)c1N1CCCCC1. The molecule has 4 nitrogen and oxygen atoms in total. The van der Waals surface area contributed by atoms with Gasteiger partial charge in [-0.15, -0.1) is 0 Å². The average molecular weight is 409 g/mol. The number of anilines is 1. The average Bonchev–Trinajstić information content (AvgIpc) is 3.31. The maximum atomic E-state index is 10.2. The minimum atomic E-state index is 0.254. The fourth-order valence-corrected chi connectivity index (χ4v) is 4.36. The summed E-state index contributed by atoms with van der Waals surface area (Å²) >= 11 is 0. The van der Waals surface area contributed by atoms with Gasteiger partial charge in [-0.25, -0.2) is 0 Å². The summed E-state index contributed by atoms with van der Waals surface area (Å²) in [5.41, 5.74) is 5.91. The Morgan fingerprint density at radius 1 is 0.839 bits per heavy atom. The quantitative estimate of drug-likeness (QED) is 0.488. The van der Waals surface area contributed by atoms with Crippen LogP contribution in [0.5, 0.6) is 11.5 Å². The molecule has 0 N–H and O–H groups in total. The van der Waals surface area contributed by atoms with E-state index in [0.29, 0.717) is 0 Å². The van der Waals surface area contributed by atoms with Crippen molar-refractivity contribution < 1.29 is 9.47 Å². The Morgan fingerprint density at radius 2 is 1.65 bits per heavy atom. The summed E-state index contributed by atoms with van der Waals surface area (Å²) in [5, 5.41) is 10.2. The first kappa shape index (κ1) is 19.3. The second-order valence-electron chi connectivity index (χ2n) is 7.90. The molecule has 4 heteroatoms.